The van der Waals surface area contributed by atoms with Crippen LogP contribution >= 0.6 is 0 Å². The van der Waals surface area contributed by atoms with Gasteiger partial charge in [-0.25, -0.2) is 0 Å². The maximum absolute atomic E-state index is 11.0. The highest BCUT2D eigenvalue weighted by atomic mass is 16.6. The van der Waals surface area contributed by atoms with Gasteiger partial charge in [0.15, 0.2) is 0 Å². The molecule has 106 valence electrons. The SMILES string of the molecule is CC(C)CN(Cc1ccccc1[N+](=O)[O-])CC(C)C. The largest absolute Gasteiger partial charge is 0.298 e. The summed E-state index contributed by atoms with van der Waals surface area (Å²) in [5.74, 6) is 1.11. The molecule has 4 heteroatoms. The summed E-state index contributed by atoms with van der Waals surface area (Å²) in [6.07, 6.45) is 0. The van der Waals surface area contributed by atoms with Crippen LogP contribution in [0, 0.1) is 22.0 Å². The molecule has 0 bridgehead atoms. The Morgan fingerprint density at radius 2 is 1.63 bits per heavy atom. The number of benzene rings is 1. The van der Waals surface area contributed by atoms with Gasteiger partial charge in [-0.1, -0.05) is 45.9 Å². The normalized spacial score (nSPS) is 11.5. The molecule has 0 radical (unpaired) electrons. The van der Waals surface area contributed by atoms with E-state index < -0.39 is 0 Å². The molecule has 19 heavy (non-hydrogen) atoms. The molecule has 0 saturated carbocycles. The molecule has 0 unspecified atom stereocenters. The molecular weight excluding hydrogens is 240 g/mol. The molecule has 0 aliphatic heterocycles. The topological polar surface area (TPSA) is 46.4 Å². The van der Waals surface area contributed by atoms with Crippen molar-refractivity contribution in [2.75, 3.05) is 13.1 Å². The van der Waals surface area contributed by atoms with Gasteiger partial charge >= 0.3 is 0 Å². The second-order valence-electron chi connectivity index (χ2n) is 5.87. The molecule has 1 rings (SSSR count). The van der Waals surface area contributed by atoms with E-state index in [9.17, 15) is 10.1 Å². The van der Waals surface area contributed by atoms with Gasteiger partial charge in [-0.15, -0.1) is 0 Å². The first-order chi connectivity index (χ1) is 8.90. The Morgan fingerprint density at radius 3 is 2.11 bits per heavy atom. The number of hydrogen-bond donors (Lipinski definition) is 0. The minimum Gasteiger partial charge on any atom is -0.298 e. The number of nitrogens with zero attached hydrogens (tertiary/aromatic N) is 2. The van der Waals surface area contributed by atoms with Gasteiger partial charge in [-0.05, 0) is 11.8 Å². The summed E-state index contributed by atoms with van der Waals surface area (Å²) >= 11 is 0. The van der Waals surface area contributed by atoms with Crippen molar-refractivity contribution in [2.24, 2.45) is 11.8 Å². The Hall–Kier alpha value is -1.42. The monoisotopic (exact) mass is 264 g/mol. The van der Waals surface area contributed by atoms with E-state index >= 15 is 0 Å². The third-order valence-corrected chi connectivity index (χ3v) is 2.83. The third kappa shape index (κ3) is 5.39. The zero-order chi connectivity index (χ0) is 14.4. The van der Waals surface area contributed by atoms with Crippen molar-refractivity contribution in [3.63, 3.8) is 0 Å². The summed E-state index contributed by atoms with van der Waals surface area (Å²) in [6, 6.07) is 7.02. The van der Waals surface area contributed by atoms with Crippen molar-refractivity contribution in [3.05, 3.63) is 39.9 Å². The summed E-state index contributed by atoms with van der Waals surface area (Å²) in [5.41, 5.74) is 1.02. The van der Waals surface area contributed by atoms with Crippen molar-refractivity contribution in [1.82, 2.24) is 4.90 Å². The van der Waals surface area contributed by atoms with Crippen molar-refractivity contribution < 1.29 is 4.92 Å². The number of nitro benzene ring substituents is 1. The zero-order valence-corrected chi connectivity index (χ0v) is 12.3. The average Bonchev–Trinajstić information content (AvgIpc) is 2.27. The summed E-state index contributed by atoms with van der Waals surface area (Å²) in [5, 5.41) is 11.0. The maximum atomic E-state index is 11.0. The number of para-hydroxylation sites is 1. The quantitative estimate of drug-likeness (QED) is 0.557. The predicted molar refractivity (Wildman–Crippen MR) is 78.0 cm³/mol. The van der Waals surface area contributed by atoms with Gasteiger partial charge < -0.3 is 0 Å². The minimum absolute atomic E-state index is 0.222. The van der Waals surface area contributed by atoms with Crippen LogP contribution in [0.4, 0.5) is 5.69 Å². The highest BCUT2D eigenvalue weighted by Crippen LogP contribution is 2.20. The molecule has 0 saturated heterocycles. The van der Waals surface area contributed by atoms with Gasteiger partial charge in [0.1, 0.15) is 0 Å². The first-order valence-electron chi connectivity index (χ1n) is 6.84. The van der Waals surface area contributed by atoms with Crippen LogP contribution in [0.2, 0.25) is 0 Å². The predicted octanol–water partition coefficient (Wildman–Crippen LogP) is 3.71. The molecule has 0 aromatic heterocycles. The first-order valence-corrected chi connectivity index (χ1v) is 6.84. The molecule has 0 amide bonds. The Bertz CT molecular complexity index is 406. The van der Waals surface area contributed by atoms with Gasteiger partial charge in [0.05, 0.1) is 4.92 Å². The molecular formula is C15H24N2O2. The number of hydrogen-bond acceptors (Lipinski definition) is 3. The lowest BCUT2D eigenvalue weighted by molar-refractivity contribution is -0.385. The van der Waals surface area contributed by atoms with Gasteiger partial charge in [-0.2, -0.15) is 0 Å². The molecule has 0 aliphatic rings. The Labute approximate surface area is 115 Å². The van der Waals surface area contributed by atoms with E-state index in [1.54, 1.807) is 12.1 Å². The third-order valence-electron chi connectivity index (χ3n) is 2.83. The van der Waals surface area contributed by atoms with Crippen LogP contribution in [0.1, 0.15) is 33.3 Å². The average molecular weight is 264 g/mol. The molecule has 0 fully saturated rings. The fourth-order valence-electron chi connectivity index (χ4n) is 2.30. The highest BCUT2D eigenvalue weighted by molar-refractivity contribution is 5.39. The number of rotatable bonds is 7. The van der Waals surface area contributed by atoms with Crippen LogP contribution in [0.3, 0.4) is 0 Å². The maximum Gasteiger partial charge on any atom is 0.273 e. The van der Waals surface area contributed by atoms with Gasteiger partial charge in [0, 0.05) is 31.3 Å². The van der Waals surface area contributed by atoms with Crippen molar-refractivity contribution in [1.29, 1.82) is 0 Å². The molecule has 0 aliphatic carbocycles. The Balaban J connectivity index is 2.86. The van der Waals surface area contributed by atoms with Crippen molar-refractivity contribution in [3.8, 4) is 0 Å². The second-order valence-corrected chi connectivity index (χ2v) is 5.87. The summed E-state index contributed by atoms with van der Waals surface area (Å²) in [7, 11) is 0. The van der Waals surface area contributed by atoms with Crippen LogP contribution in [-0.4, -0.2) is 22.9 Å². The Kier molecular flexibility index (Phi) is 5.96. The zero-order valence-electron chi connectivity index (χ0n) is 12.3. The fraction of sp³-hybridized carbons (Fsp3) is 0.600. The second kappa shape index (κ2) is 7.24. The Morgan fingerprint density at radius 1 is 1.11 bits per heavy atom. The minimum atomic E-state index is -0.293. The lowest BCUT2D eigenvalue weighted by atomic mass is 10.1. The van der Waals surface area contributed by atoms with Crippen molar-refractivity contribution in [2.45, 2.75) is 34.2 Å². The van der Waals surface area contributed by atoms with Gasteiger partial charge in [0.2, 0.25) is 0 Å². The molecule has 1 aromatic carbocycles. The first kappa shape index (κ1) is 15.6. The molecule has 0 atom stereocenters. The summed E-state index contributed by atoms with van der Waals surface area (Å²) in [4.78, 5) is 13.0. The standard InChI is InChI=1S/C15H24N2O2/c1-12(2)9-16(10-13(3)4)11-14-7-5-6-8-15(14)17(18)19/h5-8,12-13H,9-11H2,1-4H3. The van der Waals surface area contributed by atoms with E-state index in [2.05, 4.69) is 32.6 Å². The van der Waals surface area contributed by atoms with Crippen LogP contribution in [0.5, 0.6) is 0 Å². The van der Waals surface area contributed by atoms with Crippen LogP contribution in [-0.2, 0) is 6.54 Å². The lowest BCUT2D eigenvalue weighted by Gasteiger charge is -2.26. The summed E-state index contributed by atoms with van der Waals surface area (Å²) < 4.78 is 0. The van der Waals surface area contributed by atoms with Crippen LogP contribution in [0.25, 0.3) is 0 Å². The molecule has 4 nitrogen and oxygen atoms in total. The molecule has 0 N–H and O–H groups in total. The molecule has 0 spiro atoms. The van der Waals surface area contributed by atoms with E-state index in [4.69, 9.17) is 0 Å². The van der Waals surface area contributed by atoms with Gasteiger partial charge in [0.25, 0.3) is 5.69 Å². The van der Waals surface area contributed by atoms with Gasteiger partial charge in [-0.3, -0.25) is 15.0 Å². The smallest absolute Gasteiger partial charge is 0.273 e. The highest BCUT2D eigenvalue weighted by Gasteiger charge is 2.17. The van der Waals surface area contributed by atoms with E-state index in [-0.39, 0.29) is 10.6 Å². The lowest BCUT2D eigenvalue weighted by Crippen LogP contribution is -2.31. The fourth-order valence-corrected chi connectivity index (χ4v) is 2.30. The van der Waals surface area contributed by atoms with E-state index in [1.807, 2.05) is 12.1 Å². The van der Waals surface area contributed by atoms with E-state index in [0.29, 0.717) is 18.4 Å². The molecule has 1 aromatic rings. The summed E-state index contributed by atoms with van der Waals surface area (Å²) in [6.45, 7) is 11.3. The van der Waals surface area contributed by atoms with E-state index in [0.717, 1.165) is 18.7 Å². The van der Waals surface area contributed by atoms with Crippen LogP contribution < -0.4 is 0 Å². The number of nitro groups is 1. The van der Waals surface area contributed by atoms with Crippen LogP contribution in [0.15, 0.2) is 24.3 Å². The van der Waals surface area contributed by atoms with Crippen molar-refractivity contribution >= 4 is 5.69 Å². The molecule has 0 heterocycles. The van der Waals surface area contributed by atoms with E-state index in [1.165, 1.54) is 0 Å².